The van der Waals surface area contributed by atoms with Gasteiger partial charge in [0.25, 0.3) is 0 Å². The maximum absolute atomic E-state index is 11.8. The summed E-state index contributed by atoms with van der Waals surface area (Å²) in [5.41, 5.74) is 3.73. The number of benzene rings is 2. The molecule has 134 valence electrons. The quantitative estimate of drug-likeness (QED) is 0.781. The van der Waals surface area contributed by atoms with Crippen molar-refractivity contribution in [3.05, 3.63) is 53.1 Å². The lowest BCUT2D eigenvalue weighted by atomic mass is 10.1. The first-order valence-electron chi connectivity index (χ1n) is 8.43. The lowest BCUT2D eigenvalue weighted by Crippen LogP contribution is -2.15. The smallest absolute Gasteiger partial charge is 0.411 e. The first kappa shape index (κ1) is 18.6. The molecule has 0 bridgehead atoms. The standard InChI is InChI=1S/C20H25NO4/c1-5-23-17-9-8-16(18(12-17)21-20(22)24-6-2)13-25-19-10-7-14(3)11-15(19)4/h7-12H,5-6,13H2,1-4H3,(H,21,22). The van der Waals surface area contributed by atoms with Gasteiger partial charge in [-0.3, -0.25) is 5.32 Å². The number of ether oxygens (including phenoxy) is 3. The summed E-state index contributed by atoms with van der Waals surface area (Å²) in [6.07, 6.45) is -0.496. The van der Waals surface area contributed by atoms with E-state index >= 15 is 0 Å². The lowest BCUT2D eigenvalue weighted by Gasteiger charge is -2.15. The van der Waals surface area contributed by atoms with Gasteiger partial charge in [0.1, 0.15) is 18.1 Å². The molecule has 0 unspecified atom stereocenters. The van der Waals surface area contributed by atoms with Crippen LogP contribution in [0.25, 0.3) is 0 Å². The molecule has 0 aliphatic carbocycles. The van der Waals surface area contributed by atoms with Gasteiger partial charge in [-0.05, 0) is 51.5 Å². The highest BCUT2D eigenvalue weighted by molar-refractivity contribution is 5.86. The van der Waals surface area contributed by atoms with Crippen LogP contribution in [-0.4, -0.2) is 19.3 Å². The molecule has 5 heteroatoms. The van der Waals surface area contributed by atoms with E-state index in [1.54, 1.807) is 13.0 Å². The Kier molecular flexibility index (Phi) is 6.69. The molecule has 1 amide bonds. The third-order valence-corrected chi connectivity index (χ3v) is 3.62. The second-order valence-electron chi connectivity index (χ2n) is 5.66. The van der Waals surface area contributed by atoms with Crippen LogP contribution < -0.4 is 14.8 Å². The molecule has 2 aromatic carbocycles. The Labute approximate surface area is 148 Å². The van der Waals surface area contributed by atoms with Gasteiger partial charge >= 0.3 is 6.09 Å². The van der Waals surface area contributed by atoms with Crippen LogP contribution in [0.15, 0.2) is 36.4 Å². The predicted octanol–water partition coefficient (Wildman–Crippen LogP) is 4.85. The van der Waals surface area contributed by atoms with E-state index in [1.807, 2.05) is 45.0 Å². The molecule has 0 fully saturated rings. The largest absolute Gasteiger partial charge is 0.494 e. The molecule has 2 aromatic rings. The van der Waals surface area contributed by atoms with E-state index in [-0.39, 0.29) is 0 Å². The van der Waals surface area contributed by atoms with Crippen LogP contribution in [0.3, 0.4) is 0 Å². The molecule has 0 spiro atoms. The molecule has 2 rings (SSSR count). The zero-order valence-electron chi connectivity index (χ0n) is 15.2. The zero-order valence-corrected chi connectivity index (χ0v) is 15.2. The fourth-order valence-corrected chi connectivity index (χ4v) is 2.45. The summed E-state index contributed by atoms with van der Waals surface area (Å²) in [5.74, 6) is 1.51. The highest BCUT2D eigenvalue weighted by Gasteiger charge is 2.11. The third-order valence-electron chi connectivity index (χ3n) is 3.62. The van der Waals surface area contributed by atoms with Gasteiger partial charge in [0.15, 0.2) is 0 Å². The minimum Gasteiger partial charge on any atom is -0.494 e. The number of hydrogen-bond acceptors (Lipinski definition) is 4. The minimum absolute atomic E-state index is 0.311. The summed E-state index contributed by atoms with van der Waals surface area (Å²) < 4.78 is 16.4. The fraction of sp³-hybridized carbons (Fsp3) is 0.350. The molecule has 0 saturated carbocycles. The number of anilines is 1. The maximum atomic E-state index is 11.8. The van der Waals surface area contributed by atoms with Gasteiger partial charge in [0.2, 0.25) is 0 Å². The fourth-order valence-electron chi connectivity index (χ4n) is 2.45. The zero-order chi connectivity index (χ0) is 18.2. The van der Waals surface area contributed by atoms with E-state index in [0.29, 0.717) is 31.3 Å². The molecule has 0 radical (unpaired) electrons. The maximum Gasteiger partial charge on any atom is 0.411 e. The van der Waals surface area contributed by atoms with Crippen LogP contribution in [0.2, 0.25) is 0 Å². The number of hydrogen-bond donors (Lipinski definition) is 1. The van der Waals surface area contributed by atoms with Gasteiger partial charge in [-0.2, -0.15) is 0 Å². The van der Waals surface area contributed by atoms with Crippen LogP contribution >= 0.6 is 0 Å². The van der Waals surface area contributed by atoms with Crippen LogP contribution in [0, 0.1) is 13.8 Å². The topological polar surface area (TPSA) is 56.8 Å². The van der Waals surface area contributed by atoms with Gasteiger partial charge in [0, 0.05) is 11.6 Å². The van der Waals surface area contributed by atoms with Crippen molar-refractivity contribution in [1.82, 2.24) is 0 Å². The molecular formula is C20H25NO4. The van der Waals surface area contributed by atoms with E-state index in [9.17, 15) is 4.79 Å². The number of nitrogens with one attached hydrogen (secondary N) is 1. The summed E-state index contributed by atoms with van der Waals surface area (Å²) in [6, 6.07) is 11.6. The third kappa shape index (κ3) is 5.41. The van der Waals surface area contributed by atoms with Crippen LogP contribution in [-0.2, 0) is 11.3 Å². The number of aryl methyl sites for hydroxylation is 2. The monoisotopic (exact) mass is 343 g/mol. The Hall–Kier alpha value is -2.69. The number of amides is 1. The summed E-state index contributed by atoms with van der Waals surface area (Å²) >= 11 is 0. The van der Waals surface area contributed by atoms with Crippen molar-refractivity contribution in [2.75, 3.05) is 18.5 Å². The molecular weight excluding hydrogens is 318 g/mol. The van der Waals surface area contributed by atoms with E-state index in [4.69, 9.17) is 14.2 Å². The average molecular weight is 343 g/mol. The van der Waals surface area contributed by atoms with E-state index < -0.39 is 6.09 Å². The molecule has 0 saturated heterocycles. The Morgan fingerprint density at radius 2 is 1.80 bits per heavy atom. The van der Waals surface area contributed by atoms with Gasteiger partial charge < -0.3 is 14.2 Å². The van der Waals surface area contributed by atoms with Gasteiger partial charge in [-0.25, -0.2) is 4.79 Å². The lowest BCUT2D eigenvalue weighted by molar-refractivity contribution is 0.168. The molecule has 0 aromatic heterocycles. The minimum atomic E-state index is -0.496. The Morgan fingerprint density at radius 3 is 2.48 bits per heavy atom. The summed E-state index contributed by atoms with van der Waals surface area (Å²) in [4.78, 5) is 11.8. The van der Waals surface area contributed by atoms with Crippen LogP contribution in [0.5, 0.6) is 11.5 Å². The van der Waals surface area contributed by atoms with Crippen molar-refractivity contribution in [3.63, 3.8) is 0 Å². The Morgan fingerprint density at radius 1 is 1.00 bits per heavy atom. The molecule has 5 nitrogen and oxygen atoms in total. The molecule has 0 aliphatic heterocycles. The summed E-state index contributed by atoms with van der Waals surface area (Å²) in [7, 11) is 0. The van der Waals surface area contributed by atoms with Crippen LogP contribution in [0.1, 0.15) is 30.5 Å². The first-order chi connectivity index (χ1) is 12.0. The average Bonchev–Trinajstić information content (AvgIpc) is 2.56. The van der Waals surface area contributed by atoms with Crippen molar-refractivity contribution in [2.45, 2.75) is 34.3 Å². The van der Waals surface area contributed by atoms with Crippen molar-refractivity contribution in [3.8, 4) is 11.5 Å². The highest BCUT2D eigenvalue weighted by atomic mass is 16.5. The Balaban J connectivity index is 2.18. The summed E-state index contributed by atoms with van der Waals surface area (Å²) in [6.45, 7) is 8.93. The second kappa shape index (κ2) is 8.97. The molecule has 0 heterocycles. The van der Waals surface area contributed by atoms with Crippen molar-refractivity contribution in [1.29, 1.82) is 0 Å². The van der Waals surface area contributed by atoms with E-state index in [2.05, 4.69) is 11.4 Å². The predicted molar refractivity (Wildman–Crippen MR) is 98.5 cm³/mol. The number of carbonyl (C=O) groups is 1. The molecule has 0 aliphatic rings. The van der Waals surface area contributed by atoms with Crippen molar-refractivity contribution in [2.24, 2.45) is 0 Å². The van der Waals surface area contributed by atoms with E-state index in [0.717, 1.165) is 16.9 Å². The number of rotatable bonds is 7. The SMILES string of the molecule is CCOC(=O)Nc1cc(OCC)ccc1COc1ccc(C)cc1C. The highest BCUT2D eigenvalue weighted by Crippen LogP contribution is 2.26. The normalized spacial score (nSPS) is 10.2. The Bertz CT molecular complexity index is 728. The van der Waals surface area contributed by atoms with Crippen LogP contribution in [0.4, 0.5) is 10.5 Å². The van der Waals surface area contributed by atoms with Crippen molar-refractivity contribution >= 4 is 11.8 Å². The van der Waals surface area contributed by atoms with Crippen molar-refractivity contribution < 1.29 is 19.0 Å². The summed E-state index contributed by atoms with van der Waals surface area (Å²) in [5, 5.41) is 2.75. The molecule has 25 heavy (non-hydrogen) atoms. The second-order valence-corrected chi connectivity index (χ2v) is 5.66. The molecule has 1 N–H and O–H groups in total. The van der Waals surface area contributed by atoms with E-state index in [1.165, 1.54) is 5.56 Å². The van der Waals surface area contributed by atoms with Gasteiger partial charge in [-0.15, -0.1) is 0 Å². The number of carbonyl (C=O) groups excluding carboxylic acids is 1. The first-order valence-corrected chi connectivity index (χ1v) is 8.43. The molecule has 0 atom stereocenters. The van der Waals surface area contributed by atoms with Gasteiger partial charge in [-0.1, -0.05) is 17.7 Å². The van der Waals surface area contributed by atoms with Gasteiger partial charge in [0.05, 0.1) is 18.9 Å².